The van der Waals surface area contributed by atoms with E-state index in [1.807, 2.05) is 19.2 Å². The second-order valence-corrected chi connectivity index (χ2v) is 4.15. The number of rotatable bonds is 6. The van der Waals surface area contributed by atoms with Gasteiger partial charge >= 0.3 is 0 Å². The van der Waals surface area contributed by atoms with Crippen LogP contribution in [0.4, 0.5) is 0 Å². The summed E-state index contributed by atoms with van der Waals surface area (Å²) >= 11 is 1.66. The van der Waals surface area contributed by atoms with E-state index in [2.05, 4.69) is 6.07 Å². The van der Waals surface area contributed by atoms with Crippen LogP contribution < -0.4 is 15.2 Å². The van der Waals surface area contributed by atoms with Crippen molar-refractivity contribution in [1.82, 2.24) is 0 Å². The van der Waals surface area contributed by atoms with Crippen LogP contribution in [0.3, 0.4) is 0 Å². The standard InChI is InChI=1S/C12H19NO2S/c1-4-15-12-10(14-2)7-9(5-6-13)8-11(12)16-3/h7-8H,4-6,13H2,1-3H3. The van der Waals surface area contributed by atoms with Crippen LogP contribution in [0.5, 0.6) is 11.5 Å². The van der Waals surface area contributed by atoms with Crippen molar-refractivity contribution < 1.29 is 9.47 Å². The van der Waals surface area contributed by atoms with Crippen LogP contribution in [-0.2, 0) is 6.42 Å². The summed E-state index contributed by atoms with van der Waals surface area (Å²) in [5, 5.41) is 0. The summed E-state index contributed by atoms with van der Waals surface area (Å²) in [6.45, 7) is 3.25. The lowest BCUT2D eigenvalue weighted by Gasteiger charge is -2.14. The fourth-order valence-corrected chi connectivity index (χ4v) is 2.15. The number of benzene rings is 1. The molecule has 0 aliphatic carbocycles. The largest absolute Gasteiger partial charge is 0.493 e. The van der Waals surface area contributed by atoms with Gasteiger partial charge in [0.05, 0.1) is 18.6 Å². The molecule has 4 heteroatoms. The van der Waals surface area contributed by atoms with Crippen LogP contribution in [0, 0.1) is 0 Å². The van der Waals surface area contributed by atoms with Crippen molar-refractivity contribution in [2.24, 2.45) is 5.73 Å². The molecule has 0 atom stereocenters. The third kappa shape index (κ3) is 3.06. The van der Waals surface area contributed by atoms with Crippen molar-refractivity contribution in [3.63, 3.8) is 0 Å². The van der Waals surface area contributed by atoms with E-state index in [0.29, 0.717) is 13.2 Å². The first-order chi connectivity index (χ1) is 7.76. The Morgan fingerprint density at radius 2 is 2.12 bits per heavy atom. The lowest BCUT2D eigenvalue weighted by Crippen LogP contribution is -2.04. The van der Waals surface area contributed by atoms with Crippen molar-refractivity contribution in [1.29, 1.82) is 0 Å². The topological polar surface area (TPSA) is 44.5 Å². The molecule has 0 aliphatic heterocycles. The molecule has 0 aliphatic rings. The smallest absolute Gasteiger partial charge is 0.174 e. The Kier molecular flexibility index (Phi) is 5.49. The number of thioether (sulfide) groups is 1. The maximum Gasteiger partial charge on any atom is 0.174 e. The van der Waals surface area contributed by atoms with Gasteiger partial charge in [0.2, 0.25) is 0 Å². The number of hydrogen-bond donors (Lipinski definition) is 1. The zero-order chi connectivity index (χ0) is 12.0. The highest BCUT2D eigenvalue weighted by Gasteiger charge is 2.11. The Hall–Kier alpha value is -0.870. The molecule has 0 saturated heterocycles. The molecule has 1 aromatic rings. The number of hydrogen-bond acceptors (Lipinski definition) is 4. The first-order valence-electron chi connectivity index (χ1n) is 5.34. The van der Waals surface area contributed by atoms with Gasteiger partial charge in [-0.3, -0.25) is 0 Å². The third-order valence-electron chi connectivity index (χ3n) is 2.24. The molecule has 1 rings (SSSR count). The zero-order valence-electron chi connectivity index (χ0n) is 10.1. The van der Waals surface area contributed by atoms with Crippen molar-refractivity contribution in [3.8, 4) is 11.5 Å². The van der Waals surface area contributed by atoms with Crippen molar-refractivity contribution >= 4 is 11.8 Å². The summed E-state index contributed by atoms with van der Waals surface area (Å²) in [7, 11) is 1.66. The van der Waals surface area contributed by atoms with Crippen molar-refractivity contribution in [2.45, 2.75) is 18.2 Å². The average Bonchev–Trinajstić information content (AvgIpc) is 2.31. The van der Waals surface area contributed by atoms with Gasteiger partial charge in [0.1, 0.15) is 0 Å². The highest BCUT2D eigenvalue weighted by Crippen LogP contribution is 2.38. The van der Waals surface area contributed by atoms with Crippen LogP contribution in [0.2, 0.25) is 0 Å². The van der Waals surface area contributed by atoms with Crippen LogP contribution in [0.15, 0.2) is 17.0 Å². The molecule has 90 valence electrons. The van der Waals surface area contributed by atoms with E-state index in [4.69, 9.17) is 15.2 Å². The average molecular weight is 241 g/mol. The Bertz CT molecular complexity index is 317. The molecule has 0 unspecified atom stereocenters. The SMILES string of the molecule is CCOc1c(OC)cc(CCN)cc1SC. The summed E-state index contributed by atoms with van der Waals surface area (Å²) in [5.41, 5.74) is 6.75. The van der Waals surface area contributed by atoms with Gasteiger partial charge in [0.25, 0.3) is 0 Å². The molecule has 1 aromatic carbocycles. The number of methoxy groups -OCH3 is 1. The lowest BCUT2D eigenvalue weighted by molar-refractivity contribution is 0.303. The van der Waals surface area contributed by atoms with E-state index in [9.17, 15) is 0 Å². The van der Waals surface area contributed by atoms with Gasteiger partial charge in [-0.1, -0.05) is 0 Å². The summed E-state index contributed by atoms with van der Waals surface area (Å²) in [6, 6.07) is 4.11. The quantitative estimate of drug-likeness (QED) is 0.776. The first-order valence-corrected chi connectivity index (χ1v) is 6.57. The van der Waals surface area contributed by atoms with Crippen molar-refractivity contribution in [3.05, 3.63) is 17.7 Å². The van der Waals surface area contributed by atoms with Crippen LogP contribution >= 0.6 is 11.8 Å². The number of ether oxygens (including phenoxy) is 2. The van der Waals surface area contributed by atoms with Gasteiger partial charge in [-0.2, -0.15) is 0 Å². The number of nitrogens with two attached hydrogens (primary N) is 1. The van der Waals surface area contributed by atoms with Gasteiger partial charge in [-0.25, -0.2) is 0 Å². The van der Waals surface area contributed by atoms with E-state index >= 15 is 0 Å². The van der Waals surface area contributed by atoms with Crippen LogP contribution in [0.1, 0.15) is 12.5 Å². The molecule has 0 spiro atoms. The summed E-state index contributed by atoms with van der Waals surface area (Å²) in [5.74, 6) is 1.62. The molecule has 0 aromatic heterocycles. The van der Waals surface area contributed by atoms with Crippen molar-refractivity contribution in [2.75, 3.05) is 26.5 Å². The molecule has 2 N–H and O–H groups in total. The maximum atomic E-state index is 5.61. The maximum absolute atomic E-state index is 5.61. The lowest BCUT2D eigenvalue weighted by atomic mass is 10.1. The molecule has 3 nitrogen and oxygen atoms in total. The first kappa shape index (κ1) is 13.2. The van der Waals surface area contributed by atoms with E-state index in [-0.39, 0.29) is 0 Å². The minimum Gasteiger partial charge on any atom is -0.493 e. The van der Waals surface area contributed by atoms with Crippen LogP contribution in [0.25, 0.3) is 0 Å². The minimum atomic E-state index is 0.639. The van der Waals surface area contributed by atoms with E-state index < -0.39 is 0 Å². The van der Waals surface area contributed by atoms with E-state index in [1.165, 1.54) is 5.56 Å². The Morgan fingerprint density at radius 3 is 2.62 bits per heavy atom. The Labute approximate surface area is 101 Å². The highest BCUT2D eigenvalue weighted by atomic mass is 32.2. The second-order valence-electron chi connectivity index (χ2n) is 3.30. The normalized spacial score (nSPS) is 10.2. The zero-order valence-corrected chi connectivity index (χ0v) is 10.9. The van der Waals surface area contributed by atoms with Gasteiger partial charge < -0.3 is 15.2 Å². The fraction of sp³-hybridized carbons (Fsp3) is 0.500. The summed E-state index contributed by atoms with van der Waals surface area (Å²) < 4.78 is 11.0. The third-order valence-corrected chi connectivity index (χ3v) is 2.99. The van der Waals surface area contributed by atoms with Gasteiger partial charge in [-0.15, -0.1) is 11.8 Å². The Morgan fingerprint density at radius 1 is 1.38 bits per heavy atom. The molecule has 16 heavy (non-hydrogen) atoms. The molecule has 0 saturated carbocycles. The summed E-state index contributed by atoms with van der Waals surface area (Å²) in [6.07, 6.45) is 2.89. The molecule has 0 bridgehead atoms. The second kappa shape index (κ2) is 6.66. The molecule has 0 amide bonds. The van der Waals surface area contributed by atoms with Gasteiger partial charge in [-0.05, 0) is 43.8 Å². The van der Waals surface area contributed by atoms with Crippen LogP contribution in [-0.4, -0.2) is 26.5 Å². The monoisotopic (exact) mass is 241 g/mol. The fourth-order valence-electron chi connectivity index (χ4n) is 1.53. The molecule has 0 heterocycles. The predicted octanol–water partition coefficient (Wildman–Crippen LogP) is 2.32. The van der Waals surface area contributed by atoms with Gasteiger partial charge in [0, 0.05) is 0 Å². The molecule has 0 fully saturated rings. The summed E-state index contributed by atoms with van der Waals surface area (Å²) in [4.78, 5) is 1.10. The minimum absolute atomic E-state index is 0.639. The highest BCUT2D eigenvalue weighted by molar-refractivity contribution is 7.98. The Balaban J connectivity index is 3.14. The molecule has 0 radical (unpaired) electrons. The van der Waals surface area contributed by atoms with E-state index in [0.717, 1.165) is 22.8 Å². The molecular weight excluding hydrogens is 222 g/mol. The van der Waals surface area contributed by atoms with E-state index in [1.54, 1.807) is 18.9 Å². The molecular formula is C12H19NO2S. The van der Waals surface area contributed by atoms with Gasteiger partial charge in [0.15, 0.2) is 11.5 Å². The predicted molar refractivity (Wildman–Crippen MR) is 68.7 cm³/mol.